The number of methoxy groups -OCH3 is 1. The quantitative estimate of drug-likeness (QED) is 0.209. The van der Waals surface area contributed by atoms with Gasteiger partial charge in [0.15, 0.2) is 5.75 Å². The van der Waals surface area contributed by atoms with E-state index in [1.165, 1.54) is 25.3 Å². The van der Waals surface area contributed by atoms with Gasteiger partial charge in [0.25, 0.3) is 11.8 Å². The first-order valence-corrected chi connectivity index (χ1v) is 13.5. The molecule has 4 rings (SSSR count). The molecule has 1 saturated heterocycles. The lowest BCUT2D eigenvalue weighted by atomic mass is 10.1. The Balaban J connectivity index is 1.73. The topological polar surface area (TPSA) is 119 Å². The minimum Gasteiger partial charge on any atom is -0.493 e. The number of ether oxygens (including phenoxy) is 1. The predicted molar refractivity (Wildman–Crippen MR) is 142 cm³/mol. The van der Waals surface area contributed by atoms with Crippen LogP contribution in [-0.4, -0.2) is 33.4 Å². The van der Waals surface area contributed by atoms with Gasteiger partial charge < -0.3 is 8.92 Å². The normalized spacial score (nSPS) is 15.2. The molecule has 0 saturated carbocycles. The Bertz CT molecular complexity index is 1720. The van der Waals surface area contributed by atoms with Crippen molar-refractivity contribution < 1.29 is 44.9 Å². The number of benzene rings is 3. The maximum absolute atomic E-state index is 13.3. The number of halogens is 5. The molecule has 1 fully saturated rings. The van der Waals surface area contributed by atoms with Crippen LogP contribution in [0.1, 0.15) is 16.7 Å². The molecule has 4 amide bonds. The average molecular weight is 629 g/mol. The van der Waals surface area contributed by atoms with Crippen molar-refractivity contribution in [2.45, 2.75) is 18.0 Å². The molecule has 0 spiro atoms. The van der Waals surface area contributed by atoms with Gasteiger partial charge >= 0.3 is 22.3 Å². The molecule has 1 aliphatic heterocycles. The summed E-state index contributed by atoms with van der Waals surface area (Å²) in [6, 6.07) is 8.83. The van der Waals surface area contributed by atoms with Gasteiger partial charge in [0.2, 0.25) is 5.75 Å². The number of hydrogen-bond donors (Lipinski definition) is 1. The number of carbonyl (C=O) groups excluding carboxylic acids is 3. The zero-order valence-electron chi connectivity index (χ0n) is 20.9. The number of barbiturate groups is 1. The number of aryl methyl sites for hydroxylation is 1. The summed E-state index contributed by atoms with van der Waals surface area (Å²) in [6.07, 6.45) is -3.83. The van der Waals surface area contributed by atoms with Crippen LogP contribution in [0.3, 0.4) is 0 Å². The SMILES string of the molecule is COc1cc(/C=C2/C(=O)NC(=O)N(c3cc(C(F)(F)F)ccc3Cl)C2=O)cc(Cl)c1OS(=O)(=O)c1ccc(C)cc1. The van der Waals surface area contributed by atoms with Gasteiger partial charge in [-0.05, 0) is 61.0 Å². The Morgan fingerprint density at radius 3 is 2.22 bits per heavy atom. The number of carbonyl (C=O) groups is 3. The molecule has 0 radical (unpaired) electrons. The molecule has 0 aromatic heterocycles. The summed E-state index contributed by atoms with van der Waals surface area (Å²) < 4.78 is 75.7. The molecule has 3 aromatic carbocycles. The van der Waals surface area contributed by atoms with Crippen molar-refractivity contribution in [1.82, 2.24) is 5.32 Å². The van der Waals surface area contributed by atoms with Crippen molar-refractivity contribution in [2.75, 3.05) is 12.0 Å². The fourth-order valence-corrected chi connectivity index (χ4v) is 5.13. The van der Waals surface area contributed by atoms with E-state index in [4.69, 9.17) is 32.1 Å². The first-order chi connectivity index (χ1) is 19.1. The third-order valence-electron chi connectivity index (χ3n) is 5.68. The first kappa shape index (κ1) is 29.9. The van der Waals surface area contributed by atoms with Gasteiger partial charge in [-0.15, -0.1) is 0 Å². The maximum Gasteiger partial charge on any atom is 0.416 e. The summed E-state index contributed by atoms with van der Waals surface area (Å²) in [5.74, 6) is -3.02. The number of rotatable bonds is 6. The van der Waals surface area contributed by atoms with Gasteiger partial charge in [-0.1, -0.05) is 40.9 Å². The van der Waals surface area contributed by atoms with Gasteiger partial charge in [-0.2, -0.15) is 21.6 Å². The molecule has 0 unspecified atom stereocenters. The Labute approximate surface area is 241 Å². The Kier molecular flexibility index (Phi) is 8.07. The summed E-state index contributed by atoms with van der Waals surface area (Å²) in [5.41, 5.74) is -1.63. The summed E-state index contributed by atoms with van der Waals surface area (Å²) >= 11 is 12.3. The fraction of sp³-hybridized carbons (Fsp3) is 0.115. The second kappa shape index (κ2) is 11.1. The highest BCUT2D eigenvalue weighted by Gasteiger charge is 2.39. The lowest BCUT2D eigenvalue weighted by Crippen LogP contribution is -2.54. The molecule has 214 valence electrons. The summed E-state index contributed by atoms with van der Waals surface area (Å²) in [4.78, 5) is 38.4. The number of imide groups is 2. The van der Waals surface area contributed by atoms with E-state index in [1.807, 2.05) is 5.32 Å². The molecule has 1 N–H and O–H groups in total. The maximum atomic E-state index is 13.3. The van der Waals surface area contributed by atoms with Crippen LogP contribution in [-0.2, 0) is 25.9 Å². The molecule has 1 heterocycles. The second-order valence-electron chi connectivity index (χ2n) is 8.51. The molecule has 15 heteroatoms. The van der Waals surface area contributed by atoms with Crippen molar-refractivity contribution >= 4 is 62.9 Å². The molecule has 41 heavy (non-hydrogen) atoms. The van der Waals surface area contributed by atoms with E-state index in [2.05, 4.69) is 0 Å². The van der Waals surface area contributed by atoms with E-state index in [0.29, 0.717) is 12.1 Å². The molecule has 0 bridgehead atoms. The number of hydrogen-bond acceptors (Lipinski definition) is 7. The van der Waals surface area contributed by atoms with Gasteiger partial charge in [0, 0.05) is 0 Å². The molecule has 0 aliphatic carbocycles. The highest BCUT2D eigenvalue weighted by molar-refractivity contribution is 7.87. The second-order valence-corrected chi connectivity index (χ2v) is 10.9. The minimum atomic E-state index is -4.81. The van der Waals surface area contributed by atoms with E-state index < -0.39 is 51.0 Å². The molecule has 0 atom stereocenters. The van der Waals surface area contributed by atoms with Crippen LogP contribution in [0.2, 0.25) is 10.0 Å². The third-order valence-corrected chi connectivity index (χ3v) is 7.52. The number of anilines is 1. The van der Waals surface area contributed by atoms with E-state index in [-0.39, 0.29) is 36.9 Å². The minimum absolute atomic E-state index is 0.0230. The standard InChI is InChI=1S/C26H17Cl2F3N2O7S/c1-13-3-6-16(7-4-13)41(37,38)40-22-19(28)10-14(11-21(22)39-2)9-17-23(34)32-25(36)33(24(17)35)20-12-15(26(29,30)31)5-8-18(20)27/h3-12H,1-2H3,(H,32,34,36)/b17-9-. The summed E-state index contributed by atoms with van der Waals surface area (Å²) in [7, 11) is -3.16. The van der Waals surface area contributed by atoms with E-state index >= 15 is 0 Å². The van der Waals surface area contributed by atoms with Crippen LogP contribution in [0.5, 0.6) is 11.5 Å². The summed E-state index contributed by atoms with van der Waals surface area (Å²) in [6.45, 7) is 1.77. The fourth-order valence-electron chi connectivity index (χ4n) is 3.67. The molecule has 9 nitrogen and oxygen atoms in total. The van der Waals surface area contributed by atoms with Gasteiger partial charge in [0.05, 0.1) is 28.4 Å². The van der Waals surface area contributed by atoms with Crippen molar-refractivity contribution in [3.05, 3.63) is 86.9 Å². The number of nitrogens with one attached hydrogen (secondary N) is 1. The number of alkyl halides is 3. The molecule has 3 aromatic rings. The number of nitrogens with zero attached hydrogens (tertiary/aromatic N) is 1. The zero-order chi connectivity index (χ0) is 30.3. The molecule has 1 aliphatic rings. The third kappa shape index (κ3) is 6.16. The zero-order valence-corrected chi connectivity index (χ0v) is 23.2. The monoisotopic (exact) mass is 628 g/mol. The van der Waals surface area contributed by atoms with E-state index in [0.717, 1.165) is 23.8 Å². The Morgan fingerprint density at radius 2 is 1.61 bits per heavy atom. The van der Waals surface area contributed by atoms with E-state index in [1.54, 1.807) is 19.1 Å². The van der Waals surface area contributed by atoms with Gasteiger partial charge in [-0.3, -0.25) is 14.9 Å². The molecular weight excluding hydrogens is 612 g/mol. The lowest BCUT2D eigenvalue weighted by Gasteiger charge is -2.27. The highest BCUT2D eigenvalue weighted by Crippen LogP contribution is 2.40. The Hall–Kier alpha value is -4.07. The van der Waals surface area contributed by atoms with Gasteiger partial charge in [-0.25, -0.2) is 9.69 Å². The number of urea groups is 1. The van der Waals surface area contributed by atoms with Crippen LogP contribution < -0.4 is 19.1 Å². The van der Waals surface area contributed by atoms with Crippen LogP contribution in [0.15, 0.2) is 65.1 Å². The van der Waals surface area contributed by atoms with Crippen LogP contribution in [0, 0.1) is 6.92 Å². The average Bonchev–Trinajstić information content (AvgIpc) is 2.88. The van der Waals surface area contributed by atoms with Crippen LogP contribution >= 0.6 is 23.2 Å². The van der Waals surface area contributed by atoms with Gasteiger partial charge in [0.1, 0.15) is 10.5 Å². The largest absolute Gasteiger partial charge is 0.493 e. The summed E-state index contributed by atoms with van der Waals surface area (Å²) in [5, 5.41) is 1.22. The van der Waals surface area contributed by atoms with Crippen molar-refractivity contribution in [2.24, 2.45) is 0 Å². The van der Waals surface area contributed by atoms with Crippen molar-refractivity contribution in [3.63, 3.8) is 0 Å². The van der Waals surface area contributed by atoms with Crippen LogP contribution in [0.4, 0.5) is 23.7 Å². The highest BCUT2D eigenvalue weighted by atomic mass is 35.5. The van der Waals surface area contributed by atoms with Crippen molar-refractivity contribution in [3.8, 4) is 11.5 Å². The van der Waals surface area contributed by atoms with Crippen molar-refractivity contribution in [1.29, 1.82) is 0 Å². The predicted octanol–water partition coefficient (Wildman–Crippen LogP) is 5.76. The molecular formula is C26H17Cl2F3N2O7S. The number of amides is 4. The first-order valence-electron chi connectivity index (χ1n) is 11.3. The Morgan fingerprint density at radius 1 is 0.951 bits per heavy atom. The smallest absolute Gasteiger partial charge is 0.416 e. The lowest BCUT2D eigenvalue weighted by molar-refractivity contribution is -0.137. The van der Waals surface area contributed by atoms with Crippen LogP contribution in [0.25, 0.3) is 6.08 Å². The van der Waals surface area contributed by atoms with E-state index in [9.17, 15) is 36.0 Å².